The van der Waals surface area contributed by atoms with Crippen molar-refractivity contribution in [1.29, 1.82) is 0 Å². The van der Waals surface area contributed by atoms with Crippen molar-refractivity contribution in [2.45, 2.75) is 38.6 Å². The molecular weight excluding hydrogens is 779 g/mol. The highest BCUT2D eigenvalue weighted by Gasteiger charge is 2.28. The first-order valence-electron chi connectivity index (χ1n) is 9.48. The Morgan fingerprint density at radius 2 is 1.39 bits per heavy atom. The summed E-state index contributed by atoms with van der Waals surface area (Å²) >= 11 is 5.66. The van der Waals surface area contributed by atoms with Gasteiger partial charge in [-0.2, -0.15) is 0 Å². The van der Waals surface area contributed by atoms with E-state index in [-0.39, 0.29) is 55.6 Å². The lowest BCUT2D eigenvalue weighted by Crippen LogP contribution is -2.37. The molecule has 0 aromatic heterocycles. The van der Waals surface area contributed by atoms with Crippen molar-refractivity contribution in [3.63, 3.8) is 0 Å². The summed E-state index contributed by atoms with van der Waals surface area (Å²) in [5.41, 5.74) is 6.68. The third-order valence-electron chi connectivity index (χ3n) is 4.25. The lowest BCUT2D eigenvalue weighted by molar-refractivity contribution is -0.141. The first-order chi connectivity index (χ1) is 15.4. The third kappa shape index (κ3) is 9.38. The van der Waals surface area contributed by atoms with Crippen LogP contribution in [0.25, 0.3) is 0 Å². The number of ether oxygens (including phenoxy) is 1. The van der Waals surface area contributed by atoms with Crippen LogP contribution in [0.1, 0.15) is 53.3 Å². The van der Waals surface area contributed by atoms with Crippen LogP contribution in [0.3, 0.4) is 0 Å². The molecule has 33 heavy (non-hydrogen) atoms. The van der Waals surface area contributed by atoms with Crippen LogP contribution in [0.15, 0.2) is 0 Å². The fourth-order valence-electron chi connectivity index (χ4n) is 2.67. The average Bonchev–Trinajstić information content (AvgIpc) is 2.71. The van der Waals surface area contributed by atoms with Crippen molar-refractivity contribution in [2.75, 3.05) is 18.9 Å². The summed E-state index contributed by atoms with van der Waals surface area (Å²) in [6.07, 6.45) is -0.400. The van der Waals surface area contributed by atoms with Crippen LogP contribution in [0.2, 0.25) is 0 Å². The number of amides is 2. The van der Waals surface area contributed by atoms with Gasteiger partial charge in [-0.15, -0.1) is 0 Å². The highest BCUT2D eigenvalue weighted by Crippen LogP contribution is 2.34. The SMILES string of the molecule is CC(=O)OCCNC(=O)c1c(I)c(N)c(I)c(C(=O)NC(CCC(=O)O)CCC(=O)O)c1I. The molecule has 14 heteroatoms. The summed E-state index contributed by atoms with van der Waals surface area (Å²) in [6.45, 7) is 1.29. The number of nitrogens with one attached hydrogen (secondary N) is 2. The largest absolute Gasteiger partial charge is 0.481 e. The van der Waals surface area contributed by atoms with Gasteiger partial charge in [-0.25, -0.2) is 0 Å². The number of carboxylic acids is 2. The Morgan fingerprint density at radius 1 is 0.909 bits per heavy atom. The molecule has 0 spiro atoms. The number of benzene rings is 1. The van der Waals surface area contributed by atoms with Crippen molar-refractivity contribution in [3.05, 3.63) is 21.8 Å². The third-order valence-corrected chi connectivity index (χ3v) is 7.57. The fourth-order valence-corrected chi connectivity index (χ4v) is 6.82. The van der Waals surface area contributed by atoms with Crippen LogP contribution in [0, 0.1) is 10.7 Å². The second-order valence-corrected chi connectivity index (χ2v) is 9.97. The summed E-state index contributed by atoms with van der Waals surface area (Å²) in [6, 6.07) is -0.696. The van der Waals surface area contributed by atoms with Crippen molar-refractivity contribution in [3.8, 4) is 0 Å². The Bertz CT molecular complexity index is 937. The monoisotopic (exact) mass is 801 g/mol. The molecule has 0 aliphatic heterocycles. The highest BCUT2D eigenvalue weighted by molar-refractivity contribution is 14.1. The number of hydrogen-bond donors (Lipinski definition) is 5. The first-order valence-corrected chi connectivity index (χ1v) is 12.7. The second kappa shape index (κ2) is 14.1. The van der Waals surface area contributed by atoms with Crippen molar-refractivity contribution < 1.29 is 38.9 Å². The number of nitrogens with two attached hydrogens (primary N) is 1. The van der Waals surface area contributed by atoms with Crippen LogP contribution in [0.5, 0.6) is 0 Å². The summed E-state index contributed by atoms with van der Waals surface area (Å²) in [4.78, 5) is 58.6. The number of carboxylic acid groups (broad SMARTS) is 2. The van der Waals surface area contributed by atoms with Crippen LogP contribution in [-0.4, -0.2) is 59.1 Å². The molecule has 182 valence electrons. The molecule has 6 N–H and O–H groups in total. The van der Waals surface area contributed by atoms with E-state index in [4.69, 9.17) is 20.7 Å². The van der Waals surface area contributed by atoms with Gasteiger partial charge < -0.3 is 31.3 Å². The van der Waals surface area contributed by atoms with Gasteiger partial charge >= 0.3 is 17.9 Å². The van der Waals surface area contributed by atoms with Gasteiger partial charge in [0.15, 0.2) is 0 Å². The van der Waals surface area contributed by atoms with E-state index in [0.717, 1.165) is 0 Å². The van der Waals surface area contributed by atoms with Gasteiger partial charge in [-0.05, 0) is 80.6 Å². The van der Waals surface area contributed by atoms with E-state index in [9.17, 15) is 24.0 Å². The molecule has 11 nitrogen and oxygen atoms in total. The van der Waals surface area contributed by atoms with E-state index in [1.807, 2.05) is 67.8 Å². The number of esters is 1. The molecule has 0 aliphatic carbocycles. The lowest BCUT2D eigenvalue weighted by atomic mass is 10.0. The zero-order valence-corrected chi connectivity index (χ0v) is 23.8. The molecule has 0 saturated heterocycles. The molecule has 0 radical (unpaired) electrons. The van der Waals surface area contributed by atoms with Crippen molar-refractivity contribution in [1.82, 2.24) is 10.6 Å². The molecular formula is C19H22I3N3O8. The number of rotatable bonds is 12. The van der Waals surface area contributed by atoms with Gasteiger partial charge in [0.25, 0.3) is 11.8 Å². The van der Waals surface area contributed by atoms with E-state index in [2.05, 4.69) is 10.6 Å². The number of carbonyl (C=O) groups excluding carboxylic acids is 3. The molecule has 0 fully saturated rings. The number of halogens is 3. The average molecular weight is 801 g/mol. The molecule has 0 saturated carbocycles. The minimum Gasteiger partial charge on any atom is -0.481 e. The molecule has 1 aromatic carbocycles. The van der Waals surface area contributed by atoms with Crippen LogP contribution >= 0.6 is 67.8 Å². The van der Waals surface area contributed by atoms with Crippen molar-refractivity contribution >= 4 is 103 Å². The quantitative estimate of drug-likeness (QED) is 0.0916. The van der Waals surface area contributed by atoms with E-state index < -0.39 is 35.8 Å². The maximum absolute atomic E-state index is 13.1. The first kappa shape index (κ1) is 29.6. The smallest absolute Gasteiger partial charge is 0.303 e. The number of carbonyl (C=O) groups is 5. The Labute approximate surface area is 230 Å². The number of nitrogen functional groups attached to an aromatic ring is 1. The highest BCUT2D eigenvalue weighted by atomic mass is 127. The molecule has 0 bridgehead atoms. The maximum Gasteiger partial charge on any atom is 0.303 e. The van der Waals surface area contributed by atoms with Gasteiger partial charge in [0, 0.05) is 29.4 Å². The zero-order valence-electron chi connectivity index (χ0n) is 17.4. The van der Waals surface area contributed by atoms with Gasteiger partial charge in [0.1, 0.15) is 6.61 Å². The predicted octanol–water partition coefficient (Wildman–Crippen LogP) is 2.20. The van der Waals surface area contributed by atoms with Gasteiger partial charge in [0.2, 0.25) is 0 Å². The Hall–Kier alpha value is -1.44. The van der Waals surface area contributed by atoms with E-state index in [0.29, 0.717) is 10.7 Å². The molecule has 1 aromatic rings. The summed E-state index contributed by atoms with van der Waals surface area (Å²) < 4.78 is 5.96. The van der Waals surface area contributed by atoms with Gasteiger partial charge in [0.05, 0.1) is 30.5 Å². The van der Waals surface area contributed by atoms with E-state index >= 15 is 0 Å². The fraction of sp³-hybridized carbons (Fsp3) is 0.421. The number of hydrogen-bond acceptors (Lipinski definition) is 7. The Kier molecular flexibility index (Phi) is 12.6. The van der Waals surface area contributed by atoms with Gasteiger partial charge in [-0.3, -0.25) is 24.0 Å². The molecule has 0 heterocycles. The second-order valence-electron chi connectivity index (χ2n) is 6.74. The standard InChI is InChI=1S/C19H22I3N3O8/c1-8(26)33-7-6-24-18(31)12-14(20)13(16(22)17(23)15(12)21)19(32)25-9(2-4-10(27)28)3-5-11(29)30/h9H,2-7,23H2,1H3,(H,24,31)(H,25,32)(H,27,28)(H,29,30). The Balaban J connectivity index is 3.20. The summed E-state index contributed by atoms with van der Waals surface area (Å²) in [5, 5.41) is 23.2. The van der Waals surface area contributed by atoms with E-state index in [1.54, 1.807) is 0 Å². The molecule has 1 rings (SSSR count). The zero-order chi connectivity index (χ0) is 25.3. The molecule has 0 unspecified atom stereocenters. The summed E-state index contributed by atoms with van der Waals surface area (Å²) in [7, 11) is 0. The van der Waals surface area contributed by atoms with Crippen LogP contribution in [0.4, 0.5) is 5.69 Å². The maximum atomic E-state index is 13.1. The normalized spacial score (nSPS) is 10.6. The van der Waals surface area contributed by atoms with Crippen LogP contribution < -0.4 is 16.4 Å². The number of anilines is 1. The predicted molar refractivity (Wildman–Crippen MR) is 143 cm³/mol. The lowest BCUT2D eigenvalue weighted by Gasteiger charge is -2.21. The summed E-state index contributed by atoms with van der Waals surface area (Å²) in [5.74, 6) is -3.73. The molecule has 0 atom stereocenters. The Morgan fingerprint density at radius 3 is 1.85 bits per heavy atom. The minimum atomic E-state index is -1.07. The molecule has 0 aliphatic rings. The molecule has 2 amide bonds. The van der Waals surface area contributed by atoms with Gasteiger partial charge in [-0.1, -0.05) is 0 Å². The minimum absolute atomic E-state index is 0.0176. The van der Waals surface area contributed by atoms with Crippen LogP contribution in [-0.2, 0) is 19.1 Å². The topological polar surface area (TPSA) is 185 Å². The number of aliphatic carboxylic acids is 2. The van der Waals surface area contributed by atoms with E-state index in [1.165, 1.54) is 6.92 Å². The van der Waals surface area contributed by atoms with Crippen molar-refractivity contribution in [2.24, 2.45) is 0 Å².